The molecular formula is C8H11F3O5S. The van der Waals surface area contributed by atoms with Crippen LogP contribution in [0.4, 0.5) is 13.2 Å². The van der Waals surface area contributed by atoms with E-state index in [-0.39, 0.29) is 0 Å². The summed E-state index contributed by atoms with van der Waals surface area (Å²) in [5.41, 5.74) is -2.69. The zero-order chi connectivity index (χ0) is 13.5. The predicted octanol–water partition coefficient (Wildman–Crippen LogP) is 0.189. The fourth-order valence-electron chi connectivity index (χ4n) is 1.93. The molecule has 0 spiro atoms. The summed E-state index contributed by atoms with van der Waals surface area (Å²) in [5.74, 6) is -3.62. The van der Waals surface area contributed by atoms with Crippen LogP contribution in [-0.4, -0.2) is 48.4 Å². The number of hydrogen-bond acceptors (Lipinski definition) is 4. The lowest BCUT2D eigenvalue weighted by molar-refractivity contribution is -0.189. The van der Waals surface area contributed by atoms with E-state index >= 15 is 0 Å². The number of hydrogen-bond donors (Lipinski definition) is 2. The van der Waals surface area contributed by atoms with Crippen molar-refractivity contribution in [1.82, 2.24) is 0 Å². The maximum atomic E-state index is 12.3. The number of rotatable bonds is 2. The molecule has 0 amide bonds. The summed E-state index contributed by atoms with van der Waals surface area (Å²) in [4.78, 5) is 10.9. The molecule has 2 unspecified atom stereocenters. The normalized spacial score (nSPS) is 33.3. The SMILES string of the molecule is O=C(O)C1(CC(F)(F)F)CS(=O)(=O)CCC1O. The number of halogens is 3. The second-order valence-corrected chi connectivity index (χ2v) is 6.33. The molecule has 1 aliphatic heterocycles. The number of aliphatic hydroxyl groups excluding tert-OH is 1. The Morgan fingerprint density at radius 1 is 1.41 bits per heavy atom. The Kier molecular flexibility index (Phi) is 3.45. The van der Waals surface area contributed by atoms with Crippen molar-refractivity contribution >= 4 is 15.8 Å². The minimum atomic E-state index is -4.85. The Labute approximate surface area is 95.2 Å². The lowest BCUT2D eigenvalue weighted by atomic mass is 9.79. The molecule has 0 radical (unpaired) electrons. The third kappa shape index (κ3) is 3.09. The number of aliphatic hydroxyl groups is 1. The van der Waals surface area contributed by atoms with Crippen molar-refractivity contribution in [2.24, 2.45) is 5.41 Å². The van der Waals surface area contributed by atoms with Crippen LogP contribution in [0, 0.1) is 5.41 Å². The van der Waals surface area contributed by atoms with Crippen LogP contribution in [0.2, 0.25) is 0 Å². The number of aliphatic carboxylic acids is 1. The fourth-order valence-corrected chi connectivity index (χ4v) is 3.86. The molecule has 5 nitrogen and oxygen atoms in total. The molecular weight excluding hydrogens is 265 g/mol. The first-order valence-electron chi connectivity index (χ1n) is 4.67. The summed E-state index contributed by atoms with van der Waals surface area (Å²) in [5, 5.41) is 18.3. The summed E-state index contributed by atoms with van der Waals surface area (Å²) < 4.78 is 59.4. The van der Waals surface area contributed by atoms with Gasteiger partial charge in [-0.25, -0.2) is 8.42 Å². The van der Waals surface area contributed by atoms with Gasteiger partial charge in [-0.3, -0.25) is 4.79 Å². The number of carbonyl (C=O) groups is 1. The molecule has 0 bridgehead atoms. The number of sulfone groups is 1. The highest BCUT2D eigenvalue weighted by atomic mass is 32.2. The van der Waals surface area contributed by atoms with Gasteiger partial charge in [-0.05, 0) is 6.42 Å². The van der Waals surface area contributed by atoms with Crippen molar-refractivity contribution in [3.8, 4) is 0 Å². The van der Waals surface area contributed by atoms with Gasteiger partial charge < -0.3 is 10.2 Å². The molecule has 1 rings (SSSR count). The zero-order valence-corrected chi connectivity index (χ0v) is 9.38. The second kappa shape index (κ2) is 4.13. The van der Waals surface area contributed by atoms with Gasteiger partial charge in [0.05, 0.1) is 24.0 Å². The van der Waals surface area contributed by atoms with Crippen LogP contribution in [0.15, 0.2) is 0 Å². The third-order valence-corrected chi connectivity index (χ3v) is 4.57. The van der Waals surface area contributed by atoms with E-state index in [1.807, 2.05) is 0 Å². The molecule has 1 aliphatic rings. The zero-order valence-electron chi connectivity index (χ0n) is 8.57. The smallest absolute Gasteiger partial charge is 0.390 e. The van der Waals surface area contributed by atoms with Gasteiger partial charge in [0.2, 0.25) is 0 Å². The first-order valence-corrected chi connectivity index (χ1v) is 6.49. The lowest BCUT2D eigenvalue weighted by Crippen LogP contribution is -2.54. The molecule has 2 atom stereocenters. The van der Waals surface area contributed by atoms with Crippen LogP contribution in [0.1, 0.15) is 12.8 Å². The van der Waals surface area contributed by atoms with Crippen LogP contribution < -0.4 is 0 Å². The van der Waals surface area contributed by atoms with E-state index in [9.17, 15) is 31.5 Å². The Bertz CT molecular complexity index is 415. The van der Waals surface area contributed by atoms with Gasteiger partial charge in [0.15, 0.2) is 9.84 Å². The monoisotopic (exact) mass is 276 g/mol. The molecule has 9 heteroatoms. The van der Waals surface area contributed by atoms with Gasteiger partial charge >= 0.3 is 12.1 Å². The average molecular weight is 276 g/mol. The average Bonchev–Trinajstić information content (AvgIpc) is 2.08. The van der Waals surface area contributed by atoms with Crippen molar-refractivity contribution < 1.29 is 36.6 Å². The molecule has 1 heterocycles. The van der Waals surface area contributed by atoms with Crippen molar-refractivity contribution in [2.45, 2.75) is 25.1 Å². The van der Waals surface area contributed by atoms with Crippen LogP contribution in [-0.2, 0) is 14.6 Å². The van der Waals surface area contributed by atoms with Crippen LogP contribution in [0.25, 0.3) is 0 Å². The molecule has 100 valence electrons. The van der Waals surface area contributed by atoms with Gasteiger partial charge in [-0.15, -0.1) is 0 Å². The first-order chi connectivity index (χ1) is 7.49. The molecule has 0 aromatic heterocycles. The highest BCUT2D eigenvalue weighted by Crippen LogP contribution is 2.41. The number of alkyl halides is 3. The molecule has 0 aromatic carbocycles. The van der Waals surface area contributed by atoms with Gasteiger partial charge in [-0.2, -0.15) is 13.2 Å². The largest absolute Gasteiger partial charge is 0.481 e. The standard InChI is InChI=1S/C8H11F3O5S/c9-8(10,11)3-7(6(13)14)4-17(15,16)2-1-5(7)12/h5,12H,1-4H2,(H,13,14). The minimum absolute atomic E-state index is 0.495. The van der Waals surface area contributed by atoms with E-state index in [4.69, 9.17) is 5.11 Å². The van der Waals surface area contributed by atoms with Crippen molar-refractivity contribution in [3.63, 3.8) is 0 Å². The molecule has 1 fully saturated rings. The first kappa shape index (κ1) is 14.2. The van der Waals surface area contributed by atoms with Gasteiger partial charge in [-0.1, -0.05) is 0 Å². The third-order valence-electron chi connectivity index (χ3n) is 2.76. The van der Waals surface area contributed by atoms with E-state index in [1.165, 1.54) is 0 Å². The Balaban J connectivity index is 3.17. The lowest BCUT2D eigenvalue weighted by Gasteiger charge is -2.37. The molecule has 17 heavy (non-hydrogen) atoms. The Hall–Kier alpha value is -0.830. The molecule has 0 aliphatic carbocycles. The summed E-state index contributed by atoms with van der Waals surface area (Å²) in [6, 6.07) is 0. The molecule has 0 saturated carbocycles. The quantitative estimate of drug-likeness (QED) is 0.751. The van der Waals surface area contributed by atoms with Crippen LogP contribution in [0.5, 0.6) is 0 Å². The summed E-state index contributed by atoms with van der Waals surface area (Å²) >= 11 is 0. The van der Waals surface area contributed by atoms with E-state index in [0.717, 1.165) is 0 Å². The van der Waals surface area contributed by atoms with E-state index in [0.29, 0.717) is 0 Å². The van der Waals surface area contributed by atoms with E-state index in [1.54, 1.807) is 0 Å². The number of carboxylic acid groups (broad SMARTS) is 1. The molecule has 2 N–H and O–H groups in total. The topological polar surface area (TPSA) is 91.7 Å². The number of carboxylic acids is 1. The van der Waals surface area contributed by atoms with Gasteiger partial charge in [0.25, 0.3) is 0 Å². The van der Waals surface area contributed by atoms with Crippen molar-refractivity contribution in [3.05, 3.63) is 0 Å². The van der Waals surface area contributed by atoms with E-state index < -0.39 is 57.8 Å². The minimum Gasteiger partial charge on any atom is -0.481 e. The van der Waals surface area contributed by atoms with Crippen molar-refractivity contribution in [1.29, 1.82) is 0 Å². The fraction of sp³-hybridized carbons (Fsp3) is 0.875. The summed E-state index contributed by atoms with van der Waals surface area (Å²) in [7, 11) is -3.88. The Morgan fingerprint density at radius 2 is 1.94 bits per heavy atom. The Morgan fingerprint density at radius 3 is 2.35 bits per heavy atom. The van der Waals surface area contributed by atoms with Gasteiger partial charge in [0, 0.05) is 0 Å². The molecule has 0 aromatic rings. The predicted molar refractivity (Wildman–Crippen MR) is 50.0 cm³/mol. The highest BCUT2D eigenvalue weighted by molar-refractivity contribution is 7.91. The van der Waals surface area contributed by atoms with Crippen LogP contribution in [0.3, 0.4) is 0 Å². The van der Waals surface area contributed by atoms with Gasteiger partial charge in [0.1, 0.15) is 5.41 Å². The highest BCUT2D eigenvalue weighted by Gasteiger charge is 2.57. The summed E-state index contributed by atoms with van der Waals surface area (Å²) in [6.45, 7) is 0. The summed E-state index contributed by atoms with van der Waals surface area (Å²) in [6.07, 6.45) is -9.02. The maximum absolute atomic E-state index is 12.3. The van der Waals surface area contributed by atoms with Crippen molar-refractivity contribution in [2.75, 3.05) is 11.5 Å². The van der Waals surface area contributed by atoms with E-state index in [2.05, 4.69) is 0 Å². The second-order valence-electron chi connectivity index (χ2n) is 4.15. The molecule has 1 saturated heterocycles. The maximum Gasteiger partial charge on any atom is 0.390 e. The van der Waals surface area contributed by atoms with Crippen LogP contribution >= 0.6 is 0 Å².